The summed E-state index contributed by atoms with van der Waals surface area (Å²) in [4.78, 5) is 0. The maximum absolute atomic E-state index is 6.37. The van der Waals surface area contributed by atoms with Gasteiger partial charge in [0.1, 0.15) is 11.4 Å². The molecule has 1 unspecified atom stereocenters. The fourth-order valence-electron chi connectivity index (χ4n) is 3.60. The third kappa shape index (κ3) is 2.18. The summed E-state index contributed by atoms with van der Waals surface area (Å²) in [5.74, 6) is 1.38. The molecule has 0 radical (unpaired) electrons. The van der Waals surface area contributed by atoms with E-state index in [-0.39, 0.29) is 5.60 Å². The fourth-order valence-corrected chi connectivity index (χ4v) is 3.60. The van der Waals surface area contributed by atoms with Crippen LogP contribution in [0.3, 0.4) is 0 Å². The van der Waals surface area contributed by atoms with Crippen LogP contribution in [-0.2, 0) is 6.42 Å². The molecule has 1 aliphatic rings. The summed E-state index contributed by atoms with van der Waals surface area (Å²) in [6.45, 7) is 10.7. The number of ether oxygens (including phenoxy) is 1. The van der Waals surface area contributed by atoms with E-state index in [9.17, 15) is 0 Å². The summed E-state index contributed by atoms with van der Waals surface area (Å²) in [5, 5.41) is 0. The summed E-state index contributed by atoms with van der Waals surface area (Å²) in [5.41, 5.74) is 13.2. The molecule has 0 aliphatic carbocycles. The second kappa shape index (κ2) is 5.05. The lowest BCUT2D eigenvalue weighted by Crippen LogP contribution is -2.31. The van der Waals surface area contributed by atoms with Crippen LogP contribution in [0.25, 0.3) is 0 Å². The van der Waals surface area contributed by atoms with Gasteiger partial charge in [0.25, 0.3) is 0 Å². The van der Waals surface area contributed by atoms with Crippen molar-refractivity contribution < 1.29 is 4.74 Å². The Bertz CT molecular complexity index is 716. The molecule has 3 rings (SSSR count). The van der Waals surface area contributed by atoms with Gasteiger partial charge < -0.3 is 10.5 Å². The Labute approximate surface area is 133 Å². The van der Waals surface area contributed by atoms with E-state index in [2.05, 4.69) is 65.0 Å². The van der Waals surface area contributed by atoms with Crippen LogP contribution in [-0.4, -0.2) is 5.60 Å². The van der Waals surface area contributed by atoms with Gasteiger partial charge in [-0.3, -0.25) is 0 Å². The average Bonchev–Trinajstić information content (AvgIpc) is 2.76. The zero-order valence-electron chi connectivity index (χ0n) is 14.2. The molecule has 2 aromatic carbocycles. The molecule has 0 amide bonds. The quantitative estimate of drug-likeness (QED) is 0.816. The predicted molar refractivity (Wildman–Crippen MR) is 92.7 cm³/mol. The van der Waals surface area contributed by atoms with Crippen LogP contribution in [0.15, 0.2) is 30.3 Å². The van der Waals surface area contributed by atoms with Crippen LogP contribution in [0.5, 0.6) is 5.75 Å². The van der Waals surface area contributed by atoms with Gasteiger partial charge in [0.05, 0.1) is 0 Å². The van der Waals surface area contributed by atoms with E-state index in [1.807, 2.05) is 0 Å². The lowest BCUT2D eigenvalue weighted by Gasteiger charge is -2.27. The van der Waals surface area contributed by atoms with Gasteiger partial charge in [0, 0.05) is 17.2 Å². The number of fused-ring (bicyclic) bond motifs is 1. The van der Waals surface area contributed by atoms with Gasteiger partial charge in [-0.15, -0.1) is 0 Å². The first-order valence-electron chi connectivity index (χ1n) is 7.95. The van der Waals surface area contributed by atoms with Gasteiger partial charge in [-0.2, -0.15) is 0 Å². The molecule has 2 nitrogen and oxygen atoms in total. The summed E-state index contributed by atoms with van der Waals surface area (Å²) >= 11 is 0. The third-order valence-electron chi connectivity index (χ3n) is 5.20. The van der Waals surface area contributed by atoms with Gasteiger partial charge in [-0.05, 0) is 63.3 Å². The van der Waals surface area contributed by atoms with E-state index in [0.717, 1.165) is 23.4 Å². The molecular weight excluding hydrogens is 270 g/mol. The average molecular weight is 295 g/mol. The number of hydrogen-bond donors (Lipinski definition) is 1. The smallest absolute Gasteiger partial charge is 0.127 e. The van der Waals surface area contributed by atoms with Crippen molar-refractivity contribution in [2.45, 2.75) is 52.6 Å². The molecule has 2 heteroatoms. The van der Waals surface area contributed by atoms with E-state index >= 15 is 0 Å². The zero-order valence-corrected chi connectivity index (χ0v) is 14.2. The molecule has 0 bridgehead atoms. The van der Waals surface area contributed by atoms with Crippen LogP contribution < -0.4 is 10.5 Å². The first-order valence-corrected chi connectivity index (χ1v) is 7.95. The molecule has 1 aliphatic heterocycles. The minimum atomic E-state index is -0.214. The highest BCUT2D eigenvalue weighted by Crippen LogP contribution is 2.51. The molecule has 1 heterocycles. The summed E-state index contributed by atoms with van der Waals surface area (Å²) in [7, 11) is 0. The normalized spacial score (nSPS) is 18.9. The molecule has 116 valence electrons. The van der Waals surface area contributed by atoms with E-state index in [1.165, 1.54) is 22.3 Å². The van der Waals surface area contributed by atoms with Gasteiger partial charge in [-0.1, -0.05) is 30.3 Å². The van der Waals surface area contributed by atoms with Crippen LogP contribution in [0.4, 0.5) is 5.69 Å². The second-order valence-electron chi connectivity index (χ2n) is 6.98. The third-order valence-corrected chi connectivity index (χ3v) is 5.20. The predicted octanol–water partition coefficient (Wildman–Crippen LogP) is 4.69. The Morgan fingerprint density at radius 3 is 2.27 bits per heavy atom. The Hall–Kier alpha value is -1.96. The van der Waals surface area contributed by atoms with Gasteiger partial charge in [-0.25, -0.2) is 0 Å². The SMILES string of the molecule is Cc1c(C)c2c(c(C)c1N)C(Cc1ccccc1)C(C)(C)O2. The maximum Gasteiger partial charge on any atom is 0.127 e. The monoisotopic (exact) mass is 295 g/mol. The number of rotatable bonds is 2. The van der Waals surface area contributed by atoms with Crippen LogP contribution in [0.1, 0.15) is 47.6 Å². The number of nitrogens with two attached hydrogens (primary N) is 1. The highest BCUT2D eigenvalue weighted by molar-refractivity contribution is 5.67. The number of anilines is 1. The van der Waals surface area contributed by atoms with E-state index in [1.54, 1.807) is 0 Å². The molecule has 0 saturated heterocycles. The fraction of sp³-hybridized carbons (Fsp3) is 0.400. The number of nitrogen functional groups attached to an aromatic ring is 1. The van der Waals surface area contributed by atoms with Gasteiger partial charge in [0.2, 0.25) is 0 Å². The first kappa shape index (κ1) is 15.0. The minimum absolute atomic E-state index is 0.214. The zero-order chi connectivity index (χ0) is 16.1. The molecule has 1 atom stereocenters. The summed E-state index contributed by atoms with van der Waals surface area (Å²) in [6.07, 6.45) is 0.976. The summed E-state index contributed by atoms with van der Waals surface area (Å²) < 4.78 is 6.37. The van der Waals surface area contributed by atoms with Crippen molar-refractivity contribution in [1.29, 1.82) is 0 Å². The van der Waals surface area contributed by atoms with Crippen molar-refractivity contribution in [3.8, 4) is 5.75 Å². The molecule has 2 N–H and O–H groups in total. The van der Waals surface area contributed by atoms with Crippen LogP contribution in [0, 0.1) is 20.8 Å². The van der Waals surface area contributed by atoms with Crippen LogP contribution >= 0.6 is 0 Å². The Morgan fingerprint density at radius 1 is 1.00 bits per heavy atom. The molecule has 0 fully saturated rings. The van der Waals surface area contributed by atoms with Crippen molar-refractivity contribution in [2.75, 3.05) is 5.73 Å². The number of hydrogen-bond acceptors (Lipinski definition) is 2. The van der Waals surface area contributed by atoms with E-state index in [4.69, 9.17) is 10.5 Å². The van der Waals surface area contributed by atoms with E-state index < -0.39 is 0 Å². The minimum Gasteiger partial charge on any atom is -0.487 e. The molecule has 0 saturated carbocycles. The van der Waals surface area contributed by atoms with Crippen molar-refractivity contribution in [2.24, 2.45) is 0 Å². The lowest BCUT2D eigenvalue weighted by molar-refractivity contribution is 0.109. The van der Waals surface area contributed by atoms with Gasteiger partial charge in [0.15, 0.2) is 0 Å². The van der Waals surface area contributed by atoms with Crippen molar-refractivity contribution in [3.05, 3.63) is 58.1 Å². The standard InChI is InChI=1S/C20H25NO/c1-12-13(2)19-17(14(3)18(12)21)16(20(4,5)22-19)11-15-9-7-6-8-10-15/h6-10,16H,11,21H2,1-5H3. The topological polar surface area (TPSA) is 35.2 Å². The van der Waals surface area contributed by atoms with Crippen LogP contribution in [0.2, 0.25) is 0 Å². The lowest BCUT2D eigenvalue weighted by atomic mass is 9.79. The molecule has 2 aromatic rings. The largest absolute Gasteiger partial charge is 0.487 e. The van der Waals surface area contributed by atoms with Crippen molar-refractivity contribution >= 4 is 5.69 Å². The summed E-state index contributed by atoms with van der Waals surface area (Å²) in [6, 6.07) is 10.6. The highest BCUT2D eigenvalue weighted by Gasteiger charge is 2.43. The maximum atomic E-state index is 6.37. The second-order valence-corrected chi connectivity index (χ2v) is 6.98. The Kier molecular flexibility index (Phi) is 3.43. The first-order chi connectivity index (χ1) is 10.3. The number of benzene rings is 2. The molecule has 0 spiro atoms. The molecule has 22 heavy (non-hydrogen) atoms. The molecular formula is C20H25NO. The molecule has 0 aromatic heterocycles. The van der Waals surface area contributed by atoms with E-state index in [0.29, 0.717) is 5.92 Å². The highest BCUT2D eigenvalue weighted by atomic mass is 16.5. The Balaban J connectivity index is 2.14. The van der Waals surface area contributed by atoms with Crippen molar-refractivity contribution in [1.82, 2.24) is 0 Å². The Morgan fingerprint density at radius 2 is 1.64 bits per heavy atom. The van der Waals surface area contributed by atoms with Crippen molar-refractivity contribution in [3.63, 3.8) is 0 Å². The van der Waals surface area contributed by atoms with Gasteiger partial charge >= 0.3 is 0 Å².